The van der Waals surface area contributed by atoms with Crippen LogP contribution in [0.25, 0.3) is 0 Å². The van der Waals surface area contributed by atoms with E-state index >= 15 is 0 Å². The number of aryl methyl sites for hydroxylation is 1. The van der Waals surface area contributed by atoms with Gasteiger partial charge in [-0.05, 0) is 61.8 Å². The molecule has 1 fully saturated rings. The molecule has 2 aromatic rings. The van der Waals surface area contributed by atoms with E-state index in [0.717, 1.165) is 38.8 Å². The molecular formula is C25H34FN. The van der Waals surface area contributed by atoms with Gasteiger partial charge in [0, 0.05) is 18.5 Å². The topological polar surface area (TPSA) is 3.24 Å². The lowest BCUT2D eigenvalue weighted by Gasteiger charge is -2.31. The molecule has 1 saturated carbocycles. The van der Waals surface area contributed by atoms with E-state index in [1.807, 2.05) is 0 Å². The minimum atomic E-state index is -0.622. The highest BCUT2D eigenvalue weighted by Crippen LogP contribution is 2.39. The van der Waals surface area contributed by atoms with Gasteiger partial charge >= 0.3 is 0 Å². The molecule has 146 valence electrons. The van der Waals surface area contributed by atoms with Gasteiger partial charge in [-0.15, -0.1) is 0 Å². The van der Waals surface area contributed by atoms with Gasteiger partial charge in [-0.3, -0.25) is 0 Å². The summed E-state index contributed by atoms with van der Waals surface area (Å²) in [6.45, 7) is 6.80. The predicted molar refractivity (Wildman–Crippen MR) is 113 cm³/mol. The number of benzene rings is 2. The molecule has 0 aromatic heterocycles. The van der Waals surface area contributed by atoms with Crippen LogP contribution in [0.2, 0.25) is 0 Å². The molecular weight excluding hydrogens is 333 g/mol. The summed E-state index contributed by atoms with van der Waals surface area (Å²) in [5, 5.41) is 0. The van der Waals surface area contributed by atoms with Crippen molar-refractivity contribution < 1.29 is 4.39 Å². The first-order chi connectivity index (χ1) is 13.2. The molecule has 0 amide bonds. The van der Waals surface area contributed by atoms with Crippen LogP contribution < -0.4 is 0 Å². The Morgan fingerprint density at radius 3 is 2.19 bits per heavy atom. The first-order valence-corrected chi connectivity index (χ1v) is 10.7. The Balaban J connectivity index is 1.50. The van der Waals surface area contributed by atoms with Crippen LogP contribution in [-0.2, 0) is 12.8 Å². The number of nitrogens with zero attached hydrogens (tertiary/aromatic N) is 1. The van der Waals surface area contributed by atoms with E-state index in [0.29, 0.717) is 6.04 Å². The molecule has 0 bridgehead atoms. The molecule has 3 atom stereocenters. The Morgan fingerprint density at radius 1 is 0.926 bits per heavy atom. The van der Waals surface area contributed by atoms with Crippen molar-refractivity contribution >= 4 is 0 Å². The lowest BCUT2D eigenvalue weighted by Crippen LogP contribution is -2.36. The third kappa shape index (κ3) is 5.42. The summed E-state index contributed by atoms with van der Waals surface area (Å²) in [5.74, 6) is 0.149. The van der Waals surface area contributed by atoms with Crippen LogP contribution in [0.3, 0.4) is 0 Å². The highest BCUT2D eigenvalue weighted by molar-refractivity contribution is 5.28. The second kappa shape index (κ2) is 10.0. The number of halogens is 1. The normalized spacial score (nSPS) is 20.4. The first kappa shape index (κ1) is 20.1. The highest BCUT2D eigenvalue weighted by Gasteiger charge is 2.31. The van der Waals surface area contributed by atoms with Gasteiger partial charge in [-0.1, -0.05) is 68.4 Å². The second-order valence-electron chi connectivity index (χ2n) is 7.91. The van der Waals surface area contributed by atoms with E-state index in [4.69, 9.17) is 0 Å². The van der Waals surface area contributed by atoms with Gasteiger partial charge in [-0.2, -0.15) is 0 Å². The summed E-state index contributed by atoms with van der Waals surface area (Å²) < 4.78 is 13.6. The van der Waals surface area contributed by atoms with E-state index in [2.05, 4.69) is 73.3 Å². The van der Waals surface area contributed by atoms with Crippen molar-refractivity contribution in [2.45, 2.75) is 70.5 Å². The maximum atomic E-state index is 13.6. The summed E-state index contributed by atoms with van der Waals surface area (Å²) in [5.41, 5.74) is 3.98. The molecule has 3 unspecified atom stereocenters. The molecule has 0 radical (unpaired) electrons. The van der Waals surface area contributed by atoms with E-state index in [9.17, 15) is 4.39 Å². The molecule has 1 aliphatic rings. The fourth-order valence-corrected chi connectivity index (χ4v) is 4.26. The molecule has 2 aromatic carbocycles. The van der Waals surface area contributed by atoms with Crippen molar-refractivity contribution in [3.05, 3.63) is 71.3 Å². The fourth-order valence-electron chi connectivity index (χ4n) is 4.26. The largest absolute Gasteiger partial charge is 0.300 e. The number of likely N-dealkylation sites (N-methyl/N-ethyl adjacent to an activating group) is 1. The van der Waals surface area contributed by atoms with Gasteiger partial charge in [0.1, 0.15) is 6.17 Å². The van der Waals surface area contributed by atoms with Crippen molar-refractivity contribution in [2.75, 3.05) is 13.1 Å². The Morgan fingerprint density at radius 2 is 1.63 bits per heavy atom. The van der Waals surface area contributed by atoms with Crippen molar-refractivity contribution in [3.63, 3.8) is 0 Å². The molecule has 27 heavy (non-hydrogen) atoms. The first-order valence-electron chi connectivity index (χ1n) is 10.7. The Hall–Kier alpha value is -1.67. The number of hydrogen-bond acceptors (Lipinski definition) is 1. The average molecular weight is 368 g/mol. The van der Waals surface area contributed by atoms with Gasteiger partial charge in [-0.25, -0.2) is 4.39 Å². The second-order valence-corrected chi connectivity index (χ2v) is 7.91. The van der Waals surface area contributed by atoms with Crippen molar-refractivity contribution in [1.82, 2.24) is 4.90 Å². The van der Waals surface area contributed by atoms with Gasteiger partial charge in [0.2, 0.25) is 0 Å². The van der Waals surface area contributed by atoms with E-state index in [1.165, 1.54) is 29.5 Å². The van der Waals surface area contributed by atoms with Crippen LogP contribution in [0, 0.1) is 0 Å². The summed E-state index contributed by atoms with van der Waals surface area (Å²) in [6, 6.07) is 20.1. The maximum absolute atomic E-state index is 13.6. The van der Waals surface area contributed by atoms with Crippen LogP contribution in [0.15, 0.2) is 54.6 Å². The molecule has 0 aliphatic heterocycles. The smallest absolute Gasteiger partial charge is 0.107 e. The van der Waals surface area contributed by atoms with Gasteiger partial charge in [0.05, 0.1) is 0 Å². The van der Waals surface area contributed by atoms with Crippen LogP contribution in [0.1, 0.15) is 62.1 Å². The molecule has 0 N–H and O–H groups in total. The molecule has 3 rings (SSSR count). The van der Waals surface area contributed by atoms with Crippen LogP contribution in [0.4, 0.5) is 4.39 Å². The summed E-state index contributed by atoms with van der Waals surface area (Å²) in [4.78, 5) is 2.63. The summed E-state index contributed by atoms with van der Waals surface area (Å²) >= 11 is 0. The van der Waals surface area contributed by atoms with Crippen LogP contribution in [0.5, 0.6) is 0 Å². The fraction of sp³-hybridized carbons (Fsp3) is 0.520. The van der Waals surface area contributed by atoms with Gasteiger partial charge in [0.15, 0.2) is 0 Å². The van der Waals surface area contributed by atoms with Gasteiger partial charge in [0.25, 0.3) is 0 Å². The predicted octanol–water partition coefficient (Wildman–Crippen LogP) is 6.18. The molecule has 0 saturated heterocycles. The summed E-state index contributed by atoms with van der Waals surface area (Å²) in [6.07, 6.45) is 5.71. The van der Waals surface area contributed by atoms with Crippen molar-refractivity contribution in [1.29, 1.82) is 0 Å². The lowest BCUT2D eigenvalue weighted by atomic mass is 9.78. The average Bonchev–Trinajstić information content (AvgIpc) is 2.71. The SMILES string of the molecule is CCC(CCc1ccc(C2CCC2F)cc1)N(CC)CCc1ccccc1. The third-order valence-corrected chi connectivity index (χ3v) is 6.29. The van der Waals surface area contributed by atoms with Crippen LogP contribution in [-0.4, -0.2) is 30.2 Å². The molecule has 2 heteroatoms. The third-order valence-electron chi connectivity index (χ3n) is 6.29. The van der Waals surface area contributed by atoms with E-state index < -0.39 is 6.17 Å². The quantitative estimate of drug-likeness (QED) is 0.485. The highest BCUT2D eigenvalue weighted by atomic mass is 19.1. The molecule has 0 spiro atoms. The monoisotopic (exact) mass is 367 g/mol. The molecule has 1 nitrogen and oxygen atoms in total. The molecule has 0 heterocycles. The standard InChI is InChI=1S/C25H34FN/c1-3-23(27(4-2)19-18-20-8-6-5-7-9-20)15-12-21-10-13-22(14-11-21)24-16-17-25(24)26/h5-11,13-14,23-25H,3-4,12,15-19H2,1-2H3. The van der Waals surface area contributed by atoms with E-state index in [1.54, 1.807) is 0 Å². The lowest BCUT2D eigenvalue weighted by molar-refractivity contribution is 0.170. The number of hydrogen-bond donors (Lipinski definition) is 0. The summed E-state index contributed by atoms with van der Waals surface area (Å²) in [7, 11) is 0. The van der Waals surface area contributed by atoms with Crippen LogP contribution >= 0.6 is 0 Å². The minimum Gasteiger partial charge on any atom is -0.300 e. The number of alkyl halides is 1. The zero-order valence-electron chi connectivity index (χ0n) is 16.9. The van der Waals surface area contributed by atoms with E-state index in [-0.39, 0.29) is 5.92 Å². The van der Waals surface area contributed by atoms with Crippen molar-refractivity contribution in [2.24, 2.45) is 0 Å². The zero-order chi connectivity index (χ0) is 19.1. The molecule has 1 aliphatic carbocycles. The number of rotatable bonds is 10. The minimum absolute atomic E-state index is 0.149. The van der Waals surface area contributed by atoms with Gasteiger partial charge < -0.3 is 4.90 Å². The zero-order valence-corrected chi connectivity index (χ0v) is 16.9. The Kier molecular flexibility index (Phi) is 7.46. The Bertz CT molecular complexity index is 666. The maximum Gasteiger partial charge on any atom is 0.107 e. The van der Waals surface area contributed by atoms with Crippen molar-refractivity contribution in [3.8, 4) is 0 Å². The Labute approximate surface area is 164 Å².